The van der Waals surface area contributed by atoms with Crippen molar-refractivity contribution in [3.8, 4) is 11.5 Å². The average Bonchev–Trinajstić information content (AvgIpc) is 3.22. The van der Waals surface area contributed by atoms with Crippen molar-refractivity contribution in [2.45, 2.75) is 43.6 Å². The van der Waals surface area contributed by atoms with Crippen LogP contribution in [0, 0.1) is 5.92 Å². The molecule has 2 saturated heterocycles. The van der Waals surface area contributed by atoms with Crippen LogP contribution in [0.1, 0.15) is 25.7 Å². The van der Waals surface area contributed by atoms with Gasteiger partial charge in [-0.1, -0.05) is 25.0 Å². The van der Waals surface area contributed by atoms with Gasteiger partial charge in [0.2, 0.25) is 0 Å². The molecule has 0 bridgehead atoms. The molecule has 26 heavy (non-hydrogen) atoms. The van der Waals surface area contributed by atoms with Crippen molar-refractivity contribution in [2.24, 2.45) is 5.92 Å². The second-order valence-electron chi connectivity index (χ2n) is 7.07. The minimum Gasteiger partial charge on any atom is -0.493 e. The summed E-state index contributed by atoms with van der Waals surface area (Å²) in [5.41, 5.74) is -0.755. The maximum atomic E-state index is 13.2. The third kappa shape index (κ3) is 3.88. The Morgan fingerprint density at radius 1 is 1.31 bits per heavy atom. The maximum Gasteiger partial charge on any atom is 0.451 e. The summed E-state index contributed by atoms with van der Waals surface area (Å²) in [4.78, 5) is 13.2. The van der Waals surface area contributed by atoms with E-state index in [1.807, 2.05) is 12.1 Å². The molecule has 8 heteroatoms. The van der Waals surface area contributed by atoms with Gasteiger partial charge in [0.1, 0.15) is 5.54 Å². The van der Waals surface area contributed by atoms with Crippen molar-refractivity contribution in [3.05, 3.63) is 24.3 Å². The van der Waals surface area contributed by atoms with Crippen LogP contribution in [0.4, 0.5) is 0 Å². The molecule has 0 aliphatic carbocycles. The number of methoxy groups -OCH3 is 1. The molecule has 0 saturated carbocycles. The van der Waals surface area contributed by atoms with Crippen LogP contribution in [0.25, 0.3) is 0 Å². The molecule has 142 valence electrons. The Morgan fingerprint density at radius 3 is 2.81 bits per heavy atom. The lowest BCUT2D eigenvalue weighted by Gasteiger charge is -2.32. The fourth-order valence-electron chi connectivity index (χ4n) is 4.22. The van der Waals surface area contributed by atoms with Gasteiger partial charge in [0.15, 0.2) is 11.5 Å². The summed E-state index contributed by atoms with van der Waals surface area (Å²) in [6.07, 6.45) is 3.20. The first kappa shape index (κ1) is 19.2. The quantitative estimate of drug-likeness (QED) is 0.232. The summed E-state index contributed by atoms with van der Waals surface area (Å²) in [6, 6.07) is 7.40. The number of fused-ring (bicyclic) bond motifs is 1. The molecule has 0 aromatic heterocycles. The summed E-state index contributed by atoms with van der Waals surface area (Å²) >= 11 is 0. The van der Waals surface area contributed by atoms with Crippen molar-refractivity contribution in [2.75, 3.05) is 20.2 Å². The molecule has 0 radical (unpaired) electrons. The topological polar surface area (TPSA) is 100 Å². The van der Waals surface area contributed by atoms with Crippen LogP contribution in [-0.4, -0.2) is 54.9 Å². The predicted molar refractivity (Wildman–Crippen MR) is 98.1 cm³/mol. The smallest absolute Gasteiger partial charge is 0.451 e. The molecule has 7 nitrogen and oxygen atoms in total. The fraction of sp³-hybridized carbons (Fsp3) is 0.611. The number of benzene rings is 1. The van der Waals surface area contributed by atoms with E-state index in [1.54, 1.807) is 19.2 Å². The van der Waals surface area contributed by atoms with Crippen LogP contribution in [0.2, 0.25) is 6.32 Å². The lowest BCUT2D eigenvalue weighted by molar-refractivity contribution is -0.143. The van der Waals surface area contributed by atoms with Gasteiger partial charge in [-0.3, -0.25) is 5.32 Å². The van der Waals surface area contributed by atoms with Crippen molar-refractivity contribution in [1.82, 2.24) is 10.6 Å². The van der Waals surface area contributed by atoms with Crippen LogP contribution in [0.3, 0.4) is 0 Å². The Morgan fingerprint density at radius 2 is 2.08 bits per heavy atom. The van der Waals surface area contributed by atoms with Crippen molar-refractivity contribution in [3.63, 3.8) is 0 Å². The van der Waals surface area contributed by atoms with Crippen molar-refractivity contribution in [1.29, 1.82) is 0 Å². The summed E-state index contributed by atoms with van der Waals surface area (Å²) in [5, 5.41) is 25.0. The molecule has 0 unspecified atom stereocenters. The predicted octanol–water partition coefficient (Wildman–Crippen LogP) is 0.564. The maximum absolute atomic E-state index is 13.2. The van der Waals surface area contributed by atoms with Gasteiger partial charge in [-0.2, -0.15) is 0 Å². The van der Waals surface area contributed by atoms with Crippen LogP contribution >= 0.6 is 0 Å². The Balaban J connectivity index is 1.75. The molecule has 2 aliphatic heterocycles. The number of para-hydroxylation sites is 2. The zero-order valence-corrected chi connectivity index (χ0v) is 15.1. The van der Waals surface area contributed by atoms with E-state index < -0.39 is 12.7 Å². The molecular formula is C18H27BN2O5. The Bertz CT molecular complexity index is 629. The monoisotopic (exact) mass is 362 g/mol. The van der Waals surface area contributed by atoms with Crippen LogP contribution in [0.15, 0.2) is 24.3 Å². The zero-order chi connectivity index (χ0) is 18.6. The second kappa shape index (κ2) is 8.39. The summed E-state index contributed by atoms with van der Waals surface area (Å²) in [5.74, 6) is 0.825. The molecular weight excluding hydrogens is 335 g/mol. The fourth-order valence-corrected chi connectivity index (χ4v) is 4.22. The first-order valence-corrected chi connectivity index (χ1v) is 9.26. The highest BCUT2D eigenvalue weighted by molar-refractivity contribution is 6.40. The van der Waals surface area contributed by atoms with E-state index in [0.29, 0.717) is 30.7 Å². The van der Waals surface area contributed by atoms with Gasteiger partial charge >= 0.3 is 13.1 Å². The van der Waals surface area contributed by atoms with E-state index >= 15 is 0 Å². The highest BCUT2D eigenvalue weighted by Crippen LogP contribution is 2.39. The molecule has 0 amide bonds. The number of hydrogen-bond acceptors (Lipinski definition) is 7. The largest absolute Gasteiger partial charge is 0.493 e. The van der Waals surface area contributed by atoms with Gasteiger partial charge in [0.05, 0.1) is 7.11 Å². The van der Waals surface area contributed by atoms with Crippen LogP contribution in [-0.2, 0) is 4.79 Å². The number of rotatable bonds is 8. The molecule has 0 spiro atoms. The lowest BCUT2D eigenvalue weighted by atomic mass is 9.77. The third-order valence-corrected chi connectivity index (χ3v) is 5.54. The van der Waals surface area contributed by atoms with Crippen molar-refractivity contribution >= 4 is 13.1 Å². The highest BCUT2D eigenvalue weighted by Gasteiger charge is 2.55. The third-order valence-electron chi connectivity index (χ3n) is 5.54. The van der Waals surface area contributed by atoms with E-state index in [1.165, 1.54) is 0 Å². The molecule has 2 aliphatic rings. The molecule has 1 aromatic rings. The van der Waals surface area contributed by atoms with Gasteiger partial charge in [0, 0.05) is 18.5 Å². The van der Waals surface area contributed by atoms with Crippen LogP contribution < -0.4 is 20.1 Å². The number of carbonyl (C=O) groups excluding carboxylic acids is 1. The molecule has 3 atom stereocenters. The Labute approximate surface area is 154 Å². The molecule has 4 N–H and O–H groups in total. The average molecular weight is 362 g/mol. The highest BCUT2D eigenvalue weighted by atomic mass is 16.6. The number of hydrogen-bond donors (Lipinski definition) is 4. The zero-order valence-electron chi connectivity index (χ0n) is 15.1. The summed E-state index contributed by atoms with van der Waals surface area (Å²) in [7, 11) is 0.247. The number of carbonyl (C=O) groups is 1. The molecule has 3 rings (SSSR count). The minimum absolute atomic E-state index is 0.170. The minimum atomic E-state index is -1.30. The normalized spacial score (nSPS) is 27.2. The number of nitrogens with one attached hydrogen (secondary N) is 2. The Kier molecular flexibility index (Phi) is 6.18. The number of esters is 1. The van der Waals surface area contributed by atoms with E-state index in [4.69, 9.17) is 19.5 Å². The van der Waals surface area contributed by atoms with Gasteiger partial charge in [-0.25, -0.2) is 4.79 Å². The SMILES string of the molecule is COc1ccccc1OC(=O)[C@]1(CCCCB(O)O)NC[C@@H]2NCC[C@@H]21. The van der Waals surface area contributed by atoms with E-state index in [-0.39, 0.29) is 17.9 Å². The molecule has 2 heterocycles. The molecule has 1 aromatic carbocycles. The van der Waals surface area contributed by atoms with Gasteiger partial charge in [0.25, 0.3) is 0 Å². The molecule has 2 fully saturated rings. The first-order valence-electron chi connectivity index (χ1n) is 9.26. The lowest BCUT2D eigenvalue weighted by Crippen LogP contribution is -2.54. The summed E-state index contributed by atoms with van der Waals surface area (Å²) < 4.78 is 11.0. The van der Waals surface area contributed by atoms with Gasteiger partial charge in [-0.15, -0.1) is 0 Å². The van der Waals surface area contributed by atoms with E-state index in [9.17, 15) is 4.79 Å². The van der Waals surface area contributed by atoms with Gasteiger partial charge in [-0.05, 0) is 37.8 Å². The van der Waals surface area contributed by atoms with E-state index in [2.05, 4.69) is 10.6 Å². The summed E-state index contributed by atoms with van der Waals surface area (Å²) in [6.45, 7) is 1.63. The first-order chi connectivity index (χ1) is 12.6. The standard InChI is InChI=1S/C18H27BN2O5/c1-25-15-6-2-3-7-16(15)26-17(22)18(9-4-5-10-19(23)24)13-8-11-20-14(13)12-21-18/h2-3,6-7,13-14,20-21,23-24H,4-5,8-12H2,1H3/t13-,14-,18+/m0/s1. The second-order valence-corrected chi connectivity index (χ2v) is 7.07. The number of unbranched alkanes of at least 4 members (excludes halogenated alkanes) is 1. The van der Waals surface area contributed by atoms with Crippen molar-refractivity contribution < 1.29 is 24.3 Å². The van der Waals surface area contributed by atoms with Gasteiger partial charge < -0.3 is 24.8 Å². The van der Waals surface area contributed by atoms with Crippen LogP contribution in [0.5, 0.6) is 11.5 Å². The number of ether oxygens (including phenoxy) is 2. The Hall–Kier alpha value is -1.61. The van der Waals surface area contributed by atoms with E-state index in [0.717, 1.165) is 25.9 Å².